The number of hydrogen-bond acceptors (Lipinski definition) is 7. The third-order valence-corrected chi connectivity index (χ3v) is 6.89. The van der Waals surface area contributed by atoms with Gasteiger partial charge in [0, 0.05) is 37.6 Å². The van der Waals surface area contributed by atoms with Gasteiger partial charge in [-0.2, -0.15) is 5.10 Å². The summed E-state index contributed by atoms with van der Waals surface area (Å²) in [4.78, 5) is 18.3. The third kappa shape index (κ3) is 3.60. The first-order chi connectivity index (χ1) is 14.2. The van der Waals surface area contributed by atoms with Crippen LogP contribution in [0.3, 0.4) is 0 Å². The monoisotopic (exact) mass is 425 g/mol. The van der Waals surface area contributed by atoms with Gasteiger partial charge in [-0.15, -0.1) is 32.9 Å². The Labute approximate surface area is 175 Å². The van der Waals surface area contributed by atoms with E-state index in [-0.39, 0.29) is 11.9 Å². The summed E-state index contributed by atoms with van der Waals surface area (Å²) in [5, 5.41) is 20.8. The second kappa shape index (κ2) is 7.53. The molecule has 0 saturated carbocycles. The summed E-state index contributed by atoms with van der Waals surface area (Å²) >= 11 is 3.13. The van der Waals surface area contributed by atoms with Crippen molar-refractivity contribution in [3.8, 4) is 21.3 Å². The fourth-order valence-electron chi connectivity index (χ4n) is 3.53. The van der Waals surface area contributed by atoms with E-state index in [1.165, 1.54) is 11.3 Å². The first-order valence-electron chi connectivity index (χ1n) is 9.39. The molecule has 1 aliphatic heterocycles. The lowest BCUT2D eigenvalue weighted by Crippen LogP contribution is -2.35. The SMILES string of the molecule is Cn1cc(-c2nnc3n2CCC(NC(=O)c2csc(-c4cccs4)n2)CC3)cn1. The number of carbonyl (C=O) groups is 1. The maximum Gasteiger partial charge on any atom is 0.270 e. The maximum atomic E-state index is 12.7. The highest BCUT2D eigenvalue weighted by Gasteiger charge is 2.23. The van der Waals surface area contributed by atoms with E-state index in [0.29, 0.717) is 5.69 Å². The summed E-state index contributed by atoms with van der Waals surface area (Å²) in [7, 11) is 1.89. The molecule has 1 atom stereocenters. The summed E-state index contributed by atoms with van der Waals surface area (Å²) < 4.78 is 3.90. The Kier molecular flexibility index (Phi) is 4.72. The minimum atomic E-state index is -0.112. The molecule has 1 N–H and O–H groups in total. The van der Waals surface area contributed by atoms with Crippen LogP contribution in [0.15, 0.2) is 35.3 Å². The van der Waals surface area contributed by atoms with Crippen molar-refractivity contribution in [2.24, 2.45) is 7.05 Å². The van der Waals surface area contributed by atoms with Crippen LogP contribution >= 0.6 is 22.7 Å². The van der Waals surface area contributed by atoms with Crippen molar-refractivity contribution < 1.29 is 4.79 Å². The smallest absolute Gasteiger partial charge is 0.270 e. The zero-order valence-electron chi connectivity index (χ0n) is 15.8. The Morgan fingerprint density at radius 1 is 1.28 bits per heavy atom. The topological polar surface area (TPSA) is 90.5 Å². The lowest BCUT2D eigenvalue weighted by molar-refractivity contribution is 0.0928. The molecule has 0 saturated heterocycles. The third-order valence-electron chi connectivity index (χ3n) is 5.01. The van der Waals surface area contributed by atoms with E-state index in [2.05, 4.69) is 30.2 Å². The number of nitrogens with one attached hydrogen (secondary N) is 1. The number of hydrogen-bond donors (Lipinski definition) is 1. The average Bonchev–Trinajstić information content (AvgIpc) is 3.49. The van der Waals surface area contributed by atoms with Crippen LogP contribution in [0, 0.1) is 0 Å². The number of rotatable bonds is 4. The number of carbonyl (C=O) groups excluding carboxylic acids is 1. The van der Waals surface area contributed by atoms with Gasteiger partial charge in [-0.1, -0.05) is 6.07 Å². The summed E-state index contributed by atoms with van der Waals surface area (Å²) in [5.41, 5.74) is 1.44. The van der Waals surface area contributed by atoms with Gasteiger partial charge >= 0.3 is 0 Å². The molecule has 0 spiro atoms. The molecule has 4 aromatic heterocycles. The Balaban J connectivity index is 1.27. The average molecular weight is 426 g/mol. The van der Waals surface area contributed by atoms with Crippen molar-refractivity contribution >= 4 is 28.6 Å². The molecule has 8 nitrogen and oxygen atoms in total. The van der Waals surface area contributed by atoms with Gasteiger partial charge in [-0.05, 0) is 24.3 Å². The predicted molar refractivity (Wildman–Crippen MR) is 112 cm³/mol. The molecule has 1 aliphatic rings. The highest BCUT2D eigenvalue weighted by atomic mass is 32.1. The fraction of sp³-hybridized carbons (Fsp3) is 0.316. The Morgan fingerprint density at radius 2 is 2.21 bits per heavy atom. The lowest BCUT2D eigenvalue weighted by Gasteiger charge is -2.15. The van der Waals surface area contributed by atoms with E-state index in [1.54, 1.807) is 22.2 Å². The van der Waals surface area contributed by atoms with E-state index < -0.39 is 0 Å². The maximum absolute atomic E-state index is 12.7. The van der Waals surface area contributed by atoms with Crippen molar-refractivity contribution in [2.75, 3.05) is 0 Å². The number of aryl methyl sites for hydroxylation is 2. The van der Waals surface area contributed by atoms with Gasteiger partial charge in [-0.3, -0.25) is 9.48 Å². The minimum Gasteiger partial charge on any atom is -0.348 e. The van der Waals surface area contributed by atoms with Gasteiger partial charge in [-0.25, -0.2) is 4.98 Å². The van der Waals surface area contributed by atoms with Crippen LogP contribution in [0.4, 0.5) is 0 Å². The summed E-state index contributed by atoms with van der Waals surface area (Å²) in [6, 6.07) is 4.09. The van der Waals surface area contributed by atoms with Crippen molar-refractivity contribution in [3.63, 3.8) is 0 Å². The lowest BCUT2D eigenvalue weighted by atomic mass is 10.1. The minimum absolute atomic E-state index is 0.0813. The van der Waals surface area contributed by atoms with Gasteiger partial charge in [0.15, 0.2) is 5.82 Å². The first kappa shape index (κ1) is 18.2. The molecule has 0 aromatic carbocycles. The molecular weight excluding hydrogens is 406 g/mol. The molecule has 4 aromatic rings. The van der Waals surface area contributed by atoms with E-state index in [1.807, 2.05) is 36.1 Å². The quantitative estimate of drug-likeness (QED) is 0.543. The van der Waals surface area contributed by atoms with Gasteiger partial charge in [0.05, 0.1) is 16.6 Å². The van der Waals surface area contributed by atoms with Crippen LogP contribution in [0.5, 0.6) is 0 Å². The molecule has 10 heteroatoms. The van der Waals surface area contributed by atoms with Crippen molar-refractivity contribution in [3.05, 3.63) is 46.8 Å². The molecule has 148 valence electrons. The first-order valence-corrected chi connectivity index (χ1v) is 11.1. The van der Waals surface area contributed by atoms with Crippen LogP contribution in [0.25, 0.3) is 21.3 Å². The van der Waals surface area contributed by atoms with E-state index in [0.717, 1.165) is 52.9 Å². The van der Waals surface area contributed by atoms with E-state index in [4.69, 9.17) is 0 Å². The van der Waals surface area contributed by atoms with Gasteiger partial charge in [0.25, 0.3) is 5.91 Å². The molecule has 5 heterocycles. The highest BCUT2D eigenvalue weighted by Crippen LogP contribution is 2.28. The number of thiophene rings is 1. The van der Waals surface area contributed by atoms with Crippen LogP contribution in [-0.4, -0.2) is 41.5 Å². The predicted octanol–water partition coefficient (Wildman–Crippen LogP) is 3.00. The summed E-state index contributed by atoms with van der Waals surface area (Å²) in [6.07, 6.45) is 6.17. The highest BCUT2D eigenvalue weighted by molar-refractivity contribution is 7.20. The largest absolute Gasteiger partial charge is 0.348 e. The number of aromatic nitrogens is 6. The van der Waals surface area contributed by atoms with Gasteiger partial charge in [0.2, 0.25) is 0 Å². The summed E-state index contributed by atoms with van der Waals surface area (Å²) in [6.45, 7) is 0.759. The standard InChI is InChI=1S/C19H19N7OS2/c1-25-10-12(9-20-25)17-24-23-16-5-4-13(6-7-26(16)17)21-18(27)14-11-29-19(22-14)15-3-2-8-28-15/h2-3,8-11,13H,4-7H2,1H3,(H,21,27). The number of amides is 1. The number of fused-ring (bicyclic) bond motifs is 1. The Morgan fingerprint density at radius 3 is 3.00 bits per heavy atom. The molecule has 0 aliphatic carbocycles. The molecule has 1 amide bonds. The van der Waals surface area contributed by atoms with Crippen molar-refractivity contribution in [1.82, 2.24) is 34.8 Å². The normalized spacial score (nSPS) is 16.4. The van der Waals surface area contributed by atoms with E-state index in [9.17, 15) is 4.79 Å². The molecule has 0 radical (unpaired) electrons. The molecule has 29 heavy (non-hydrogen) atoms. The van der Waals surface area contributed by atoms with Crippen molar-refractivity contribution in [2.45, 2.75) is 31.8 Å². The molecule has 0 bridgehead atoms. The second-order valence-electron chi connectivity index (χ2n) is 7.01. The van der Waals surface area contributed by atoms with Crippen LogP contribution in [0.2, 0.25) is 0 Å². The number of nitrogens with zero attached hydrogens (tertiary/aromatic N) is 6. The molecule has 5 rings (SSSR count). The Bertz CT molecular complexity index is 1140. The van der Waals surface area contributed by atoms with Crippen LogP contribution in [0.1, 0.15) is 29.2 Å². The number of thiazole rings is 1. The molecule has 1 unspecified atom stereocenters. The van der Waals surface area contributed by atoms with Gasteiger partial charge in [0.1, 0.15) is 16.5 Å². The fourth-order valence-corrected chi connectivity index (χ4v) is 5.15. The zero-order valence-corrected chi connectivity index (χ0v) is 17.4. The molecule has 0 fully saturated rings. The Hall–Kier alpha value is -2.85. The molecular formula is C19H19N7OS2. The van der Waals surface area contributed by atoms with Gasteiger partial charge < -0.3 is 9.88 Å². The van der Waals surface area contributed by atoms with Crippen LogP contribution < -0.4 is 5.32 Å². The summed E-state index contributed by atoms with van der Waals surface area (Å²) in [5.74, 6) is 1.67. The van der Waals surface area contributed by atoms with Crippen LogP contribution in [-0.2, 0) is 20.0 Å². The van der Waals surface area contributed by atoms with Crippen molar-refractivity contribution in [1.29, 1.82) is 0 Å². The zero-order chi connectivity index (χ0) is 19.8. The second-order valence-corrected chi connectivity index (χ2v) is 8.81. The van der Waals surface area contributed by atoms with E-state index >= 15 is 0 Å².